The second-order valence-electron chi connectivity index (χ2n) is 7.88. The molecule has 0 heterocycles. The van der Waals surface area contributed by atoms with E-state index in [1.165, 1.54) is 4.90 Å². The standard InChI is InChI=1S/C24H29Cl3N2O3/c1-6-16(4)28-24(31)17(5)29(12-19-20(25)8-7-9-21(19)26)22(30)13-32-18-10-14(2)23(27)15(3)11-18/h7-11,16-17H,6,12-13H2,1-5H3,(H,28,31)/t16-,17+/m0/s1. The van der Waals surface area contributed by atoms with Crippen LogP contribution in [0.2, 0.25) is 15.1 Å². The number of amides is 2. The molecule has 5 nitrogen and oxygen atoms in total. The number of carbonyl (C=O) groups excluding carboxylic acids is 2. The molecule has 0 aliphatic carbocycles. The molecule has 174 valence electrons. The summed E-state index contributed by atoms with van der Waals surface area (Å²) in [6, 6.07) is 7.92. The number of aryl methyl sites for hydroxylation is 2. The maximum absolute atomic E-state index is 13.2. The van der Waals surface area contributed by atoms with Crippen molar-refractivity contribution in [2.75, 3.05) is 6.61 Å². The van der Waals surface area contributed by atoms with Crippen LogP contribution in [0.5, 0.6) is 5.75 Å². The molecule has 2 amide bonds. The summed E-state index contributed by atoms with van der Waals surface area (Å²) in [4.78, 5) is 27.4. The highest BCUT2D eigenvalue weighted by Crippen LogP contribution is 2.28. The Balaban J connectivity index is 2.26. The molecule has 8 heteroatoms. The molecule has 2 aromatic carbocycles. The van der Waals surface area contributed by atoms with Crippen molar-refractivity contribution in [2.45, 2.75) is 59.7 Å². The van der Waals surface area contributed by atoms with Gasteiger partial charge >= 0.3 is 0 Å². The van der Waals surface area contributed by atoms with Gasteiger partial charge in [-0.15, -0.1) is 0 Å². The van der Waals surface area contributed by atoms with E-state index in [-0.39, 0.29) is 31.0 Å². The predicted octanol–water partition coefficient (Wildman–Crippen LogP) is 5.97. The van der Waals surface area contributed by atoms with Crippen molar-refractivity contribution < 1.29 is 14.3 Å². The van der Waals surface area contributed by atoms with Gasteiger partial charge < -0.3 is 15.0 Å². The minimum absolute atomic E-state index is 0.0120. The monoisotopic (exact) mass is 498 g/mol. The largest absolute Gasteiger partial charge is 0.484 e. The Morgan fingerprint density at radius 1 is 1.06 bits per heavy atom. The van der Waals surface area contributed by atoms with E-state index in [1.54, 1.807) is 37.3 Å². The molecule has 0 bridgehead atoms. The van der Waals surface area contributed by atoms with E-state index < -0.39 is 6.04 Å². The molecule has 2 aromatic rings. The fraction of sp³-hybridized carbons (Fsp3) is 0.417. The van der Waals surface area contributed by atoms with Gasteiger partial charge in [0.25, 0.3) is 5.91 Å². The van der Waals surface area contributed by atoms with E-state index >= 15 is 0 Å². The van der Waals surface area contributed by atoms with Gasteiger partial charge in [0.05, 0.1) is 0 Å². The SMILES string of the molecule is CC[C@H](C)NC(=O)[C@@H](C)N(Cc1c(Cl)cccc1Cl)C(=O)COc1cc(C)c(Cl)c(C)c1. The zero-order valence-electron chi connectivity index (χ0n) is 19.0. The molecular weight excluding hydrogens is 471 g/mol. The van der Waals surface area contributed by atoms with E-state index in [1.807, 2.05) is 27.7 Å². The molecule has 1 N–H and O–H groups in total. The second-order valence-corrected chi connectivity index (χ2v) is 9.07. The fourth-order valence-electron chi connectivity index (χ4n) is 3.12. The van der Waals surface area contributed by atoms with Gasteiger partial charge in [0.1, 0.15) is 11.8 Å². The van der Waals surface area contributed by atoms with Crippen molar-refractivity contribution in [3.05, 3.63) is 62.1 Å². The Kier molecular flexibility index (Phi) is 9.68. The van der Waals surface area contributed by atoms with Gasteiger partial charge in [0.2, 0.25) is 5.91 Å². The quantitative estimate of drug-likeness (QED) is 0.462. The summed E-state index contributed by atoms with van der Waals surface area (Å²) in [7, 11) is 0. The molecule has 0 aromatic heterocycles. The first-order chi connectivity index (χ1) is 15.0. The Morgan fingerprint density at radius 2 is 1.62 bits per heavy atom. The van der Waals surface area contributed by atoms with Crippen LogP contribution in [-0.4, -0.2) is 35.4 Å². The first-order valence-electron chi connectivity index (χ1n) is 10.5. The number of hydrogen-bond acceptors (Lipinski definition) is 3. The second kappa shape index (κ2) is 11.8. The lowest BCUT2D eigenvalue weighted by Gasteiger charge is -2.30. The lowest BCUT2D eigenvalue weighted by molar-refractivity contribution is -0.142. The molecule has 2 atom stereocenters. The lowest BCUT2D eigenvalue weighted by Crippen LogP contribution is -2.50. The number of halogens is 3. The Bertz CT molecular complexity index is 938. The summed E-state index contributed by atoms with van der Waals surface area (Å²) in [5, 5.41) is 4.43. The molecule has 0 saturated heterocycles. The van der Waals surface area contributed by atoms with Crippen LogP contribution in [0, 0.1) is 13.8 Å². The summed E-state index contributed by atoms with van der Waals surface area (Å²) in [6.07, 6.45) is 0.779. The maximum atomic E-state index is 13.2. The molecule has 0 saturated carbocycles. The summed E-state index contributed by atoms with van der Waals surface area (Å²) < 4.78 is 5.75. The molecule has 0 aliphatic rings. The van der Waals surface area contributed by atoms with Crippen LogP contribution in [-0.2, 0) is 16.1 Å². The molecule has 0 aliphatic heterocycles. The molecule has 0 unspecified atom stereocenters. The number of nitrogens with zero attached hydrogens (tertiary/aromatic N) is 1. The third-order valence-corrected chi connectivity index (χ3v) is 6.64. The van der Waals surface area contributed by atoms with Crippen LogP contribution in [0.25, 0.3) is 0 Å². The smallest absolute Gasteiger partial charge is 0.261 e. The van der Waals surface area contributed by atoms with E-state index in [9.17, 15) is 9.59 Å². The van der Waals surface area contributed by atoms with Crippen LogP contribution < -0.4 is 10.1 Å². The number of rotatable bonds is 9. The van der Waals surface area contributed by atoms with Gasteiger partial charge in [0.15, 0.2) is 6.61 Å². The van der Waals surface area contributed by atoms with E-state index in [0.717, 1.165) is 17.5 Å². The van der Waals surface area contributed by atoms with Crippen molar-refractivity contribution in [1.29, 1.82) is 0 Å². The number of carbonyl (C=O) groups is 2. The van der Waals surface area contributed by atoms with E-state index in [4.69, 9.17) is 39.5 Å². The van der Waals surface area contributed by atoms with Crippen molar-refractivity contribution in [2.24, 2.45) is 0 Å². The number of hydrogen-bond donors (Lipinski definition) is 1. The van der Waals surface area contributed by atoms with Gasteiger partial charge in [0, 0.05) is 33.2 Å². The zero-order chi connectivity index (χ0) is 24.0. The highest BCUT2D eigenvalue weighted by Gasteiger charge is 2.28. The number of ether oxygens (including phenoxy) is 1. The molecule has 2 rings (SSSR count). The molecule has 0 fully saturated rings. The Morgan fingerprint density at radius 3 is 2.16 bits per heavy atom. The average Bonchev–Trinajstić information content (AvgIpc) is 2.74. The number of nitrogens with one attached hydrogen (secondary N) is 1. The molecule has 32 heavy (non-hydrogen) atoms. The van der Waals surface area contributed by atoms with Gasteiger partial charge in [-0.3, -0.25) is 9.59 Å². The Labute approximate surface area is 205 Å². The zero-order valence-corrected chi connectivity index (χ0v) is 21.2. The summed E-state index contributed by atoms with van der Waals surface area (Å²) in [5.41, 5.74) is 2.29. The minimum atomic E-state index is -0.749. The van der Waals surface area contributed by atoms with E-state index in [0.29, 0.717) is 26.4 Å². The van der Waals surface area contributed by atoms with Crippen molar-refractivity contribution in [1.82, 2.24) is 10.2 Å². The molecular formula is C24H29Cl3N2O3. The predicted molar refractivity (Wildman–Crippen MR) is 131 cm³/mol. The number of benzene rings is 2. The highest BCUT2D eigenvalue weighted by atomic mass is 35.5. The van der Waals surface area contributed by atoms with Crippen molar-refractivity contribution in [3.8, 4) is 5.75 Å². The third kappa shape index (κ3) is 6.77. The van der Waals surface area contributed by atoms with Gasteiger partial charge in [-0.25, -0.2) is 0 Å². The summed E-state index contributed by atoms with van der Waals surface area (Å²) >= 11 is 18.9. The maximum Gasteiger partial charge on any atom is 0.261 e. The van der Waals surface area contributed by atoms with Crippen molar-refractivity contribution >= 4 is 46.6 Å². The Hall–Kier alpha value is -1.95. The highest BCUT2D eigenvalue weighted by molar-refractivity contribution is 6.36. The van der Waals surface area contributed by atoms with Crippen LogP contribution in [0.3, 0.4) is 0 Å². The van der Waals surface area contributed by atoms with Crippen molar-refractivity contribution in [3.63, 3.8) is 0 Å². The first-order valence-corrected chi connectivity index (χ1v) is 11.6. The van der Waals surface area contributed by atoms with Crippen LogP contribution in [0.4, 0.5) is 0 Å². The van der Waals surface area contributed by atoms with Gasteiger partial charge in [-0.05, 0) is 69.5 Å². The normalized spacial score (nSPS) is 12.8. The van der Waals surface area contributed by atoms with Crippen LogP contribution in [0.1, 0.15) is 43.9 Å². The topological polar surface area (TPSA) is 58.6 Å². The average molecular weight is 500 g/mol. The fourth-order valence-corrected chi connectivity index (χ4v) is 3.75. The molecule has 0 radical (unpaired) electrons. The first kappa shape index (κ1) is 26.3. The lowest BCUT2D eigenvalue weighted by atomic mass is 10.1. The van der Waals surface area contributed by atoms with Crippen LogP contribution >= 0.6 is 34.8 Å². The summed E-state index contributed by atoms with van der Waals surface area (Å²) in [6.45, 7) is 9.14. The molecule has 0 spiro atoms. The third-order valence-electron chi connectivity index (χ3n) is 5.33. The van der Waals surface area contributed by atoms with E-state index in [2.05, 4.69) is 5.32 Å². The minimum Gasteiger partial charge on any atom is -0.484 e. The van der Waals surface area contributed by atoms with Gasteiger partial charge in [-0.2, -0.15) is 0 Å². The van der Waals surface area contributed by atoms with Gasteiger partial charge in [-0.1, -0.05) is 47.8 Å². The van der Waals surface area contributed by atoms with Crippen LogP contribution in [0.15, 0.2) is 30.3 Å². The summed E-state index contributed by atoms with van der Waals surface area (Å²) in [5.74, 6) is -0.0858.